The summed E-state index contributed by atoms with van der Waals surface area (Å²) in [7, 11) is 0. The average molecular weight is 271 g/mol. The smallest absolute Gasteiger partial charge is 0.251 e. The van der Waals surface area contributed by atoms with Crippen LogP contribution in [0, 0.1) is 0 Å². The molecule has 0 aliphatic heterocycles. The lowest BCUT2D eigenvalue weighted by Gasteiger charge is -2.08. The van der Waals surface area contributed by atoms with E-state index in [0.29, 0.717) is 17.9 Å². The minimum Gasteiger partial charge on any atom is -0.348 e. The highest BCUT2D eigenvalue weighted by Crippen LogP contribution is 2.10. The van der Waals surface area contributed by atoms with Gasteiger partial charge in [0.05, 0.1) is 0 Å². The van der Waals surface area contributed by atoms with Gasteiger partial charge in [-0.15, -0.1) is 0 Å². The van der Waals surface area contributed by atoms with Crippen molar-refractivity contribution in [2.24, 2.45) is 5.84 Å². The quantitative estimate of drug-likeness (QED) is 0.562. The van der Waals surface area contributed by atoms with E-state index < -0.39 is 0 Å². The summed E-state index contributed by atoms with van der Waals surface area (Å²) in [6.45, 7) is 2.43. The summed E-state index contributed by atoms with van der Waals surface area (Å²) >= 11 is 0. The molecule has 0 spiro atoms. The Balaban J connectivity index is 2.08. The fourth-order valence-corrected chi connectivity index (χ4v) is 1.76. The highest BCUT2D eigenvalue weighted by atomic mass is 16.1. The van der Waals surface area contributed by atoms with Gasteiger partial charge in [0.15, 0.2) is 0 Å². The Morgan fingerprint density at radius 1 is 1.30 bits per heavy atom. The van der Waals surface area contributed by atoms with Crippen molar-refractivity contribution in [3.63, 3.8) is 0 Å². The van der Waals surface area contributed by atoms with Gasteiger partial charge in [0.1, 0.15) is 5.82 Å². The second kappa shape index (κ2) is 6.63. The number of hydrogen-bond donors (Lipinski definition) is 3. The van der Waals surface area contributed by atoms with Crippen LogP contribution in [0.3, 0.4) is 0 Å². The van der Waals surface area contributed by atoms with Crippen molar-refractivity contribution in [3.8, 4) is 0 Å². The molecular weight excluding hydrogens is 254 g/mol. The van der Waals surface area contributed by atoms with E-state index in [-0.39, 0.29) is 5.91 Å². The van der Waals surface area contributed by atoms with E-state index in [4.69, 9.17) is 5.84 Å². The van der Waals surface area contributed by atoms with Crippen LogP contribution in [-0.2, 0) is 13.0 Å². The molecule has 1 amide bonds. The topological polar surface area (TPSA) is 92.9 Å². The molecule has 2 aromatic rings. The van der Waals surface area contributed by atoms with Gasteiger partial charge in [-0.05, 0) is 36.2 Å². The van der Waals surface area contributed by atoms with Gasteiger partial charge in [-0.25, -0.2) is 10.8 Å². The zero-order chi connectivity index (χ0) is 14.4. The largest absolute Gasteiger partial charge is 0.348 e. The van der Waals surface area contributed by atoms with Crippen LogP contribution in [0.15, 0.2) is 36.7 Å². The summed E-state index contributed by atoms with van der Waals surface area (Å²) in [5.74, 6) is 5.68. The maximum absolute atomic E-state index is 12.1. The number of carbonyl (C=O) groups excluding carboxylic acids is 1. The Morgan fingerprint density at radius 3 is 2.70 bits per heavy atom. The number of nitrogens with one attached hydrogen (secondary N) is 2. The minimum absolute atomic E-state index is 0.157. The monoisotopic (exact) mass is 271 g/mol. The summed E-state index contributed by atoms with van der Waals surface area (Å²) in [4.78, 5) is 20.3. The Morgan fingerprint density at radius 2 is 2.05 bits per heavy atom. The molecule has 6 nitrogen and oxygen atoms in total. The van der Waals surface area contributed by atoms with Crippen molar-refractivity contribution in [2.45, 2.75) is 19.9 Å². The summed E-state index contributed by atoms with van der Waals surface area (Å²) in [5.41, 5.74) is 4.82. The van der Waals surface area contributed by atoms with Gasteiger partial charge in [-0.2, -0.15) is 0 Å². The van der Waals surface area contributed by atoms with E-state index in [9.17, 15) is 4.79 Å². The number of pyridine rings is 2. The van der Waals surface area contributed by atoms with Crippen LogP contribution in [0.1, 0.15) is 28.5 Å². The molecule has 0 saturated heterocycles. The number of amides is 1. The van der Waals surface area contributed by atoms with E-state index >= 15 is 0 Å². The first kappa shape index (κ1) is 14.0. The van der Waals surface area contributed by atoms with Gasteiger partial charge >= 0.3 is 0 Å². The maximum atomic E-state index is 12.1. The number of nitrogens with zero attached hydrogens (tertiary/aromatic N) is 2. The van der Waals surface area contributed by atoms with Crippen LogP contribution in [0.25, 0.3) is 0 Å². The van der Waals surface area contributed by atoms with Gasteiger partial charge in [-0.1, -0.05) is 6.92 Å². The third-order valence-corrected chi connectivity index (χ3v) is 2.85. The Hall–Kier alpha value is -2.47. The number of rotatable bonds is 5. The normalized spacial score (nSPS) is 10.1. The zero-order valence-corrected chi connectivity index (χ0v) is 11.3. The molecule has 0 bridgehead atoms. The number of nitrogen functional groups attached to an aromatic ring is 1. The number of carbonyl (C=O) groups is 1. The molecule has 2 aromatic heterocycles. The maximum Gasteiger partial charge on any atom is 0.251 e. The highest BCUT2D eigenvalue weighted by molar-refractivity contribution is 5.94. The summed E-state index contributed by atoms with van der Waals surface area (Å²) < 4.78 is 0. The predicted octanol–water partition coefficient (Wildman–Crippen LogP) is 1.25. The number of nitrogens with two attached hydrogens (primary N) is 1. The number of anilines is 1. The molecule has 2 rings (SSSR count). The lowest BCUT2D eigenvalue weighted by Crippen LogP contribution is -2.23. The van der Waals surface area contributed by atoms with Crippen LogP contribution in [0.5, 0.6) is 0 Å². The van der Waals surface area contributed by atoms with Crippen LogP contribution in [-0.4, -0.2) is 15.9 Å². The molecular formula is C14H17N5O. The van der Waals surface area contributed by atoms with Crippen LogP contribution in [0.4, 0.5) is 5.82 Å². The minimum atomic E-state index is -0.157. The fourth-order valence-electron chi connectivity index (χ4n) is 1.76. The highest BCUT2D eigenvalue weighted by Gasteiger charge is 2.09. The third kappa shape index (κ3) is 3.52. The first-order valence-electron chi connectivity index (χ1n) is 6.37. The van der Waals surface area contributed by atoms with Crippen molar-refractivity contribution < 1.29 is 4.79 Å². The van der Waals surface area contributed by atoms with Crippen molar-refractivity contribution in [1.82, 2.24) is 15.3 Å². The van der Waals surface area contributed by atoms with E-state index in [1.54, 1.807) is 24.5 Å². The summed E-state index contributed by atoms with van der Waals surface area (Å²) in [6, 6.07) is 7.11. The molecule has 0 fully saturated rings. The lowest BCUT2D eigenvalue weighted by molar-refractivity contribution is 0.0950. The van der Waals surface area contributed by atoms with E-state index in [2.05, 4.69) is 20.7 Å². The molecule has 0 atom stereocenters. The van der Waals surface area contributed by atoms with Gasteiger partial charge < -0.3 is 10.7 Å². The van der Waals surface area contributed by atoms with E-state index in [1.807, 2.05) is 19.1 Å². The average Bonchev–Trinajstić information content (AvgIpc) is 2.52. The number of hydrogen-bond acceptors (Lipinski definition) is 5. The van der Waals surface area contributed by atoms with Crippen LogP contribution >= 0.6 is 0 Å². The molecule has 0 aliphatic rings. The van der Waals surface area contributed by atoms with Gasteiger partial charge in [0.2, 0.25) is 0 Å². The Kier molecular flexibility index (Phi) is 4.62. The molecule has 4 N–H and O–H groups in total. The zero-order valence-electron chi connectivity index (χ0n) is 11.3. The van der Waals surface area contributed by atoms with Crippen molar-refractivity contribution in [2.75, 3.05) is 5.43 Å². The van der Waals surface area contributed by atoms with Crippen molar-refractivity contribution >= 4 is 11.7 Å². The lowest BCUT2D eigenvalue weighted by atomic mass is 10.1. The number of aromatic nitrogens is 2. The van der Waals surface area contributed by atoms with Gasteiger partial charge in [0, 0.05) is 30.2 Å². The first-order valence-corrected chi connectivity index (χ1v) is 6.37. The molecule has 20 heavy (non-hydrogen) atoms. The summed E-state index contributed by atoms with van der Waals surface area (Å²) in [5, 5.41) is 2.85. The molecule has 0 aliphatic carbocycles. The van der Waals surface area contributed by atoms with E-state index in [0.717, 1.165) is 17.7 Å². The fraction of sp³-hybridized carbons (Fsp3) is 0.214. The molecule has 0 aromatic carbocycles. The third-order valence-electron chi connectivity index (χ3n) is 2.85. The van der Waals surface area contributed by atoms with Crippen molar-refractivity contribution in [3.05, 3.63) is 53.5 Å². The Bertz CT molecular complexity index is 563. The second-order valence-electron chi connectivity index (χ2n) is 4.27. The van der Waals surface area contributed by atoms with E-state index in [1.165, 1.54) is 0 Å². The molecule has 2 heterocycles. The van der Waals surface area contributed by atoms with Crippen molar-refractivity contribution in [1.29, 1.82) is 0 Å². The number of aryl methyl sites for hydroxylation is 1. The Labute approximate surface area is 117 Å². The van der Waals surface area contributed by atoms with Gasteiger partial charge in [-0.3, -0.25) is 9.78 Å². The van der Waals surface area contributed by atoms with Crippen LogP contribution in [0.2, 0.25) is 0 Å². The molecule has 104 valence electrons. The van der Waals surface area contributed by atoms with Crippen LogP contribution < -0.4 is 16.6 Å². The number of hydrazine groups is 1. The summed E-state index contributed by atoms with van der Waals surface area (Å²) in [6.07, 6.45) is 4.12. The molecule has 0 saturated carbocycles. The SMILES string of the molecule is CCc1cc(C(=O)NCc2ccncc2)cc(NN)n1. The predicted molar refractivity (Wildman–Crippen MR) is 76.8 cm³/mol. The molecule has 6 heteroatoms. The molecule has 0 unspecified atom stereocenters. The second-order valence-corrected chi connectivity index (χ2v) is 4.27. The standard InChI is InChI=1S/C14H17N5O/c1-2-12-7-11(8-13(18-12)19-15)14(20)17-9-10-3-5-16-6-4-10/h3-8H,2,9,15H2,1H3,(H,17,20)(H,18,19). The first-order chi connectivity index (χ1) is 9.72. The van der Waals surface area contributed by atoms with Gasteiger partial charge in [0.25, 0.3) is 5.91 Å². The molecule has 0 radical (unpaired) electrons.